The maximum Gasteiger partial charge on any atom is 0.401 e. The smallest absolute Gasteiger partial charge is 0.297 e. The third-order valence-corrected chi connectivity index (χ3v) is 2.35. The van der Waals surface area contributed by atoms with E-state index in [1.54, 1.807) is 0 Å². The van der Waals surface area contributed by atoms with Gasteiger partial charge in [0.2, 0.25) is 0 Å². The summed E-state index contributed by atoms with van der Waals surface area (Å²) in [6, 6.07) is 0. The van der Waals surface area contributed by atoms with E-state index < -0.39 is 12.7 Å². The first kappa shape index (κ1) is 12.7. The minimum atomic E-state index is -4.07. The van der Waals surface area contributed by atoms with Crippen LogP contribution in [0.5, 0.6) is 0 Å². The maximum atomic E-state index is 12.1. The minimum absolute atomic E-state index is 0.507. The van der Waals surface area contributed by atoms with Gasteiger partial charge in [-0.2, -0.15) is 13.2 Å². The van der Waals surface area contributed by atoms with Crippen molar-refractivity contribution in [3.05, 3.63) is 0 Å². The lowest BCUT2D eigenvalue weighted by Crippen LogP contribution is -2.51. The van der Waals surface area contributed by atoms with Gasteiger partial charge < -0.3 is 0 Å². The van der Waals surface area contributed by atoms with Crippen LogP contribution in [0.1, 0.15) is 0 Å². The molecule has 0 aromatic carbocycles. The van der Waals surface area contributed by atoms with Gasteiger partial charge in [0, 0.05) is 26.2 Å². The molecule has 0 saturated carbocycles. The highest BCUT2D eigenvalue weighted by Crippen LogP contribution is 2.17. The molecule has 0 atom stereocenters. The number of rotatable bonds is 3. The maximum absolute atomic E-state index is 12.1. The van der Waals surface area contributed by atoms with Gasteiger partial charge in [-0.25, -0.2) is 0 Å². The summed E-state index contributed by atoms with van der Waals surface area (Å²) in [5.74, 6) is 0. The molecule has 0 bridgehead atoms. The fourth-order valence-corrected chi connectivity index (χ4v) is 1.74. The van der Waals surface area contributed by atoms with Crippen LogP contribution in [-0.2, 0) is 0 Å². The summed E-state index contributed by atoms with van der Waals surface area (Å²) in [7, 11) is 3.92. The standard InChI is InChI=1S/C9H18F3N3/c1-13(2)8-15-5-3-14(4-6-15)7-9(10,11)12/h3-8H2,1-2H3. The van der Waals surface area contributed by atoms with Crippen LogP contribution in [-0.4, -0.2) is 74.4 Å². The summed E-state index contributed by atoms with van der Waals surface area (Å²) < 4.78 is 36.3. The highest BCUT2D eigenvalue weighted by atomic mass is 19.4. The van der Waals surface area contributed by atoms with E-state index in [9.17, 15) is 13.2 Å². The first-order chi connectivity index (χ1) is 6.87. The van der Waals surface area contributed by atoms with Crippen molar-refractivity contribution in [3.8, 4) is 0 Å². The normalized spacial score (nSPS) is 21.2. The van der Waals surface area contributed by atoms with Gasteiger partial charge in [-0.3, -0.25) is 14.7 Å². The molecule has 0 radical (unpaired) electrons. The quantitative estimate of drug-likeness (QED) is 0.699. The van der Waals surface area contributed by atoms with E-state index in [1.165, 1.54) is 4.90 Å². The number of nitrogens with zero attached hydrogens (tertiary/aromatic N) is 3. The Bertz CT molecular complexity index is 186. The molecule has 1 aliphatic rings. The lowest BCUT2D eigenvalue weighted by molar-refractivity contribution is -0.149. The van der Waals surface area contributed by atoms with Crippen molar-refractivity contribution < 1.29 is 13.2 Å². The van der Waals surface area contributed by atoms with Crippen molar-refractivity contribution in [2.24, 2.45) is 0 Å². The number of piperazine rings is 1. The van der Waals surface area contributed by atoms with E-state index in [4.69, 9.17) is 0 Å². The van der Waals surface area contributed by atoms with Gasteiger partial charge in [-0.1, -0.05) is 0 Å². The van der Waals surface area contributed by atoms with Crippen molar-refractivity contribution in [3.63, 3.8) is 0 Å². The predicted molar refractivity (Wildman–Crippen MR) is 52.6 cm³/mol. The summed E-state index contributed by atoms with van der Waals surface area (Å²) in [6.45, 7) is 2.49. The fraction of sp³-hybridized carbons (Fsp3) is 1.00. The Morgan fingerprint density at radius 3 is 1.87 bits per heavy atom. The highest BCUT2D eigenvalue weighted by Gasteiger charge is 2.31. The highest BCUT2D eigenvalue weighted by molar-refractivity contribution is 4.73. The minimum Gasteiger partial charge on any atom is -0.297 e. The lowest BCUT2D eigenvalue weighted by Gasteiger charge is -2.36. The first-order valence-electron chi connectivity index (χ1n) is 5.03. The average Bonchev–Trinajstić information content (AvgIpc) is 2.05. The number of halogens is 3. The van der Waals surface area contributed by atoms with Gasteiger partial charge in [0.1, 0.15) is 0 Å². The molecule has 15 heavy (non-hydrogen) atoms. The third kappa shape index (κ3) is 5.34. The van der Waals surface area contributed by atoms with Gasteiger partial charge >= 0.3 is 6.18 Å². The molecule has 6 heteroatoms. The SMILES string of the molecule is CN(C)CN1CCN(CC(F)(F)F)CC1. The summed E-state index contributed by atoms with van der Waals surface area (Å²) in [6.07, 6.45) is -4.07. The van der Waals surface area contributed by atoms with E-state index in [-0.39, 0.29) is 0 Å². The second-order valence-electron chi connectivity index (χ2n) is 4.23. The molecule has 0 aliphatic carbocycles. The van der Waals surface area contributed by atoms with Crippen molar-refractivity contribution in [1.29, 1.82) is 0 Å². The Morgan fingerprint density at radius 2 is 1.47 bits per heavy atom. The molecule has 0 N–H and O–H groups in total. The molecule has 90 valence electrons. The summed E-state index contributed by atoms with van der Waals surface area (Å²) >= 11 is 0. The van der Waals surface area contributed by atoms with Gasteiger partial charge in [0.15, 0.2) is 0 Å². The van der Waals surface area contributed by atoms with Crippen molar-refractivity contribution in [2.45, 2.75) is 6.18 Å². The van der Waals surface area contributed by atoms with Crippen LogP contribution in [0.15, 0.2) is 0 Å². The van der Waals surface area contributed by atoms with Crippen molar-refractivity contribution in [1.82, 2.24) is 14.7 Å². The largest absolute Gasteiger partial charge is 0.401 e. The van der Waals surface area contributed by atoms with E-state index >= 15 is 0 Å². The summed E-state index contributed by atoms with van der Waals surface area (Å²) in [5, 5.41) is 0. The van der Waals surface area contributed by atoms with E-state index in [0.717, 1.165) is 6.67 Å². The lowest BCUT2D eigenvalue weighted by atomic mass is 10.3. The Balaban J connectivity index is 2.24. The van der Waals surface area contributed by atoms with Crippen LogP contribution < -0.4 is 0 Å². The molecule has 0 aromatic rings. The zero-order chi connectivity index (χ0) is 11.5. The summed E-state index contributed by atoms with van der Waals surface area (Å²) in [4.78, 5) is 5.65. The Morgan fingerprint density at radius 1 is 1.00 bits per heavy atom. The molecule has 1 saturated heterocycles. The monoisotopic (exact) mass is 225 g/mol. The first-order valence-corrected chi connectivity index (χ1v) is 5.03. The second kappa shape index (κ2) is 5.14. The second-order valence-corrected chi connectivity index (χ2v) is 4.23. The van der Waals surface area contributed by atoms with E-state index in [2.05, 4.69) is 4.90 Å². The molecule has 0 spiro atoms. The molecular formula is C9H18F3N3. The number of alkyl halides is 3. The Labute approximate surface area is 88.4 Å². The van der Waals surface area contributed by atoms with Crippen molar-refractivity contribution in [2.75, 3.05) is 53.5 Å². The molecule has 1 aliphatic heterocycles. The fourth-order valence-electron chi connectivity index (χ4n) is 1.74. The van der Waals surface area contributed by atoms with E-state index in [0.29, 0.717) is 26.2 Å². The van der Waals surface area contributed by atoms with Crippen LogP contribution >= 0.6 is 0 Å². The van der Waals surface area contributed by atoms with Crippen LogP contribution in [0.25, 0.3) is 0 Å². The molecule has 1 fully saturated rings. The molecule has 0 amide bonds. The van der Waals surface area contributed by atoms with Crippen LogP contribution in [0, 0.1) is 0 Å². The van der Waals surface area contributed by atoms with Gasteiger partial charge in [-0.05, 0) is 14.1 Å². The molecule has 1 rings (SSSR count). The number of hydrogen-bond donors (Lipinski definition) is 0. The predicted octanol–water partition coefficient (Wildman–Crippen LogP) is 0.685. The van der Waals surface area contributed by atoms with Crippen LogP contribution in [0.4, 0.5) is 13.2 Å². The topological polar surface area (TPSA) is 9.72 Å². The van der Waals surface area contributed by atoms with E-state index in [1.807, 2.05) is 19.0 Å². The molecular weight excluding hydrogens is 207 g/mol. The van der Waals surface area contributed by atoms with Gasteiger partial charge in [0.25, 0.3) is 0 Å². The van der Waals surface area contributed by atoms with Gasteiger partial charge in [0.05, 0.1) is 13.2 Å². The molecule has 0 unspecified atom stereocenters. The third-order valence-electron chi connectivity index (χ3n) is 2.35. The summed E-state index contributed by atoms with van der Waals surface area (Å²) in [5.41, 5.74) is 0. The van der Waals surface area contributed by atoms with Gasteiger partial charge in [-0.15, -0.1) is 0 Å². The van der Waals surface area contributed by atoms with Crippen molar-refractivity contribution >= 4 is 0 Å². The Hall–Kier alpha value is -0.330. The molecule has 0 aromatic heterocycles. The zero-order valence-corrected chi connectivity index (χ0v) is 9.22. The zero-order valence-electron chi connectivity index (χ0n) is 9.22. The molecule has 1 heterocycles. The van der Waals surface area contributed by atoms with Crippen LogP contribution in [0.3, 0.4) is 0 Å². The van der Waals surface area contributed by atoms with Crippen LogP contribution in [0.2, 0.25) is 0 Å². The number of hydrogen-bond acceptors (Lipinski definition) is 3. The Kier molecular flexibility index (Phi) is 4.36. The average molecular weight is 225 g/mol. The molecule has 3 nitrogen and oxygen atoms in total.